The Morgan fingerprint density at radius 2 is 2.33 bits per heavy atom. The van der Waals surface area contributed by atoms with Crippen molar-refractivity contribution in [1.29, 1.82) is 0 Å². The lowest BCUT2D eigenvalue weighted by molar-refractivity contribution is 0.254. The van der Waals surface area contributed by atoms with Gasteiger partial charge >= 0.3 is 0 Å². The molecule has 1 aliphatic carbocycles. The lowest BCUT2D eigenvalue weighted by Gasteiger charge is -2.21. The fourth-order valence-electron chi connectivity index (χ4n) is 3.28. The lowest BCUT2D eigenvalue weighted by atomic mass is 10.1. The van der Waals surface area contributed by atoms with E-state index in [9.17, 15) is 0 Å². The maximum Gasteiger partial charge on any atom is 0.105 e. The van der Waals surface area contributed by atoms with Gasteiger partial charge in [0.15, 0.2) is 0 Å². The highest BCUT2D eigenvalue weighted by Gasteiger charge is 2.38. The highest BCUT2D eigenvalue weighted by molar-refractivity contribution is 5.01. The molecule has 0 aromatic carbocycles. The van der Waals surface area contributed by atoms with Gasteiger partial charge in [-0.15, -0.1) is 0 Å². The van der Waals surface area contributed by atoms with Crippen LogP contribution < -0.4 is 5.32 Å². The molecule has 100 valence electrons. The predicted molar refractivity (Wildman–Crippen MR) is 72.6 cm³/mol. The molecular formula is C15H24N2O. The van der Waals surface area contributed by atoms with Gasteiger partial charge < -0.3 is 9.73 Å². The van der Waals surface area contributed by atoms with Crippen LogP contribution >= 0.6 is 0 Å². The van der Waals surface area contributed by atoms with Gasteiger partial charge in [-0.05, 0) is 45.2 Å². The number of rotatable bonds is 5. The van der Waals surface area contributed by atoms with E-state index in [0.717, 1.165) is 24.3 Å². The molecule has 1 N–H and O–H groups in total. The number of nitrogens with one attached hydrogen (secondary N) is 1. The minimum atomic E-state index is 0.493. The monoisotopic (exact) mass is 248 g/mol. The second-order valence-electron chi connectivity index (χ2n) is 6.06. The van der Waals surface area contributed by atoms with Crippen molar-refractivity contribution < 1.29 is 4.42 Å². The zero-order chi connectivity index (χ0) is 12.5. The molecule has 0 radical (unpaired) electrons. The molecule has 1 aliphatic heterocycles. The summed E-state index contributed by atoms with van der Waals surface area (Å²) in [5.74, 6) is 1.08. The zero-order valence-corrected chi connectivity index (χ0v) is 11.4. The van der Waals surface area contributed by atoms with Gasteiger partial charge in [0.25, 0.3) is 0 Å². The van der Waals surface area contributed by atoms with Gasteiger partial charge in [0.05, 0.1) is 6.26 Å². The first kappa shape index (κ1) is 12.2. The average Bonchev–Trinajstić information content (AvgIpc) is 2.92. The van der Waals surface area contributed by atoms with Crippen LogP contribution in [0.2, 0.25) is 0 Å². The summed E-state index contributed by atoms with van der Waals surface area (Å²) in [6.45, 7) is 5.86. The molecule has 0 spiro atoms. The molecule has 3 heteroatoms. The van der Waals surface area contributed by atoms with Crippen molar-refractivity contribution >= 4 is 0 Å². The summed E-state index contributed by atoms with van der Waals surface area (Å²) in [5, 5.41) is 3.76. The summed E-state index contributed by atoms with van der Waals surface area (Å²) >= 11 is 0. The summed E-state index contributed by atoms with van der Waals surface area (Å²) in [5.41, 5.74) is 0. The second kappa shape index (κ2) is 5.06. The van der Waals surface area contributed by atoms with Crippen LogP contribution in [0.15, 0.2) is 22.8 Å². The van der Waals surface area contributed by atoms with Gasteiger partial charge in [-0.2, -0.15) is 0 Å². The molecular weight excluding hydrogens is 224 g/mol. The van der Waals surface area contributed by atoms with Crippen molar-refractivity contribution in [3.8, 4) is 0 Å². The summed E-state index contributed by atoms with van der Waals surface area (Å²) < 4.78 is 5.41. The van der Waals surface area contributed by atoms with Crippen molar-refractivity contribution in [3.05, 3.63) is 24.2 Å². The highest BCUT2D eigenvalue weighted by Crippen LogP contribution is 2.33. The minimum Gasteiger partial charge on any atom is -0.469 e. The second-order valence-corrected chi connectivity index (χ2v) is 6.06. The van der Waals surface area contributed by atoms with E-state index in [0.29, 0.717) is 12.1 Å². The maximum absolute atomic E-state index is 5.41. The van der Waals surface area contributed by atoms with Gasteiger partial charge in [0, 0.05) is 37.1 Å². The van der Waals surface area contributed by atoms with E-state index < -0.39 is 0 Å². The third-order valence-corrected chi connectivity index (χ3v) is 4.25. The molecule has 1 saturated carbocycles. The first-order chi connectivity index (χ1) is 8.72. The zero-order valence-electron chi connectivity index (χ0n) is 11.4. The molecule has 1 aromatic rings. The van der Waals surface area contributed by atoms with E-state index in [-0.39, 0.29) is 0 Å². The van der Waals surface area contributed by atoms with Crippen LogP contribution in [0.1, 0.15) is 38.9 Å². The maximum atomic E-state index is 5.41. The van der Waals surface area contributed by atoms with E-state index in [1.807, 2.05) is 6.07 Å². The summed E-state index contributed by atoms with van der Waals surface area (Å²) in [7, 11) is 0. The smallest absolute Gasteiger partial charge is 0.105 e. The molecule has 3 unspecified atom stereocenters. The molecule has 3 atom stereocenters. The molecule has 2 fully saturated rings. The molecule has 2 aliphatic rings. The van der Waals surface area contributed by atoms with Crippen LogP contribution in [0.3, 0.4) is 0 Å². The topological polar surface area (TPSA) is 28.4 Å². The van der Waals surface area contributed by atoms with Gasteiger partial charge in [-0.3, -0.25) is 4.90 Å². The normalized spacial score (nSPS) is 30.8. The van der Waals surface area contributed by atoms with E-state index in [1.54, 1.807) is 6.26 Å². The molecule has 0 amide bonds. The Bertz CT molecular complexity index is 372. The number of hydrogen-bond donors (Lipinski definition) is 1. The lowest BCUT2D eigenvalue weighted by Crippen LogP contribution is -2.39. The van der Waals surface area contributed by atoms with Crippen molar-refractivity contribution in [2.24, 2.45) is 0 Å². The fourth-order valence-corrected chi connectivity index (χ4v) is 3.28. The van der Waals surface area contributed by atoms with Crippen LogP contribution in [-0.2, 0) is 6.42 Å². The first-order valence-electron chi connectivity index (χ1n) is 7.26. The van der Waals surface area contributed by atoms with Crippen LogP contribution in [0.5, 0.6) is 0 Å². The van der Waals surface area contributed by atoms with Gasteiger partial charge in [0.2, 0.25) is 0 Å². The first-order valence-corrected chi connectivity index (χ1v) is 7.26. The van der Waals surface area contributed by atoms with Crippen LogP contribution in [0.25, 0.3) is 0 Å². The van der Waals surface area contributed by atoms with Gasteiger partial charge in [-0.25, -0.2) is 0 Å². The van der Waals surface area contributed by atoms with Crippen molar-refractivity contribution in [2.45, 2.75) is 63.7 Å². The summed E-state index contributed by atoms with van der Waals surface area (Å²) in [4.78, 5) is 2.69. The number of nitrogens with zero attached hydrogens (tertiary/aromatic N) is 1. The van der Waals surface area contributed by atoms with Crippen LogP contribution in [0.4, 0.5) is 0 Å². The Balaban J connectivity index is 1.48. The SMILES string of the molecule is CC(Cc1ccco1)NC1CC(C)N(C2CC2)C1. The number of likely N-dealkylation sites (tertiary alicyclic amines) is 1. The van der Waals surface area contributed by atoms with Gasteiger partial charge in [-0.1, -0.05) is 0 Å². The van der Waals surface area contributed by atoms with Crippen molar-refractivity contribution in [1.82, 2.24) is 10.2 Å². The van der Waals surface area contributed by atoms with Crippen LogP contribution in [0, 0.1) is 0 Å². The van der Waals surface area contributed by atoms with E-state index in [2.05, 4.69) is 30.1 Å². The van der Waals surface area contributed by atoms with E-state index in [4.69, 9.17) is 4.42 Å². The summed E-state index contributed by atoms with van der Waals surface area (Å²) in [6, 6.07) is 6.83. The molecule has 3 rings (SSSR count). The Kier molecular flexibility index (Phi) is 3.44. The highest BCUT2D eigenvalue weighted by atomic mass is 16.3. The van der Waals surface area contributed by atoms with Crippen molar-refractivity contribution in [2.75, 3.05) is 6.54 Å². The Hall–Kier alpha value is -0.800. The van der Waals surface area contributed by atoms with Crippen molar-refractivity contribution in [3.63, 3.8) is 0 Å². The largest absolute Gasteiger partial charge is 0.469 e. The minimum absolute atomic E-state index is 0.493. The van der Waals surface area contributed by atoms with E-state index >= 15 is 0 Å². The third-order valence-electron chi connectivity index (χ3n) is 4.25. The Morgan fingerprint density at radius 1 is 1.50 bits per heavy atom. The number of hydrogen-bond acceptors (Lipinski definition) is 3. The van der Waals surface area contributed by atoms with Crippen LogP contribution in [-0.4, -0.2) is 35.6 Å². The third kappa shape index (κ3) is 2.78. The Labute approximate surface area is 110 Å². The molecule has 1 aromatic heterocycles. The molecule has 18 heavy (non-hydrogen) atoms. The Morgan fingerprint density at radius 3 is 3.00 bits per heavy atom. The standard InChI is InChI=1S/C15H24N2O/c1-11(8-15-4-3-7-18-15)16-13-9-12(2)17(10-13)14-5-6-14/h3-4,7,11-14,16H,5-6,8-10H2,1-2H3. The summed E-state index contributed by atoms with van der Waals surface area (Å²) in [6.07, 6.45) is 6.87. The molecule has 0 bridgehead atoms. The fraction of sp³-hybridized carbons (Fsp3) is 0.733. The quantitative estimate of drug-likeness (QED) is 0.867. The molecule has 1 saturated heterocycles. The molecule has 3 nitrogen and oxygen atoms in total. The van der Waals surface area contributed by atoms with E-state index in [1.165, 1.54) is 25.8 Å². The molecule has 2 heterocycles. The average molecular weight is 248 g/mol. The van der Waals surface area contributed by atoms with Gasteiger partial charge in [0.1, 0.15) is 5.76 Å². The predicted octanol–water partition coefficient (Wildman–Crippen LogP) is 2.43. The number of furan rings is 1.